The van der Waals surface area contributed by atoms with Gasteiger partial charge in [-0.15, -0.1) is 0 Å². The van der Waals surface area contributed by atoms with Crippen molar-refractivity contribution in [2.24, 2.45) is 11.3 Å². The molecule has 1 heterocycles. The summed E-state index contributed by atoms with van der Waals surface area (Å²) in [5.41, 5.74) is 1.95. The summed E-state index contributed by atoms with van der Waals surface area (Å²) in [6, 6.07) is 0.168. The predicted molar refractivity (Wildman–Crippen MR) is 109 cm³/mol. The summed E-state index contributed by atoms with van der Waals surface area (Å²) in [6.45, 7) is 10.0. The first-order valence-corrected chi connectivity index (χ1v) is 10.2. The maximum absolute atomic E-state index is 12.6. The number of carbonyl (C=O) groups is 3. The molecule has 1 aromatic heterocycles. The largest absolute Gasteiger partial charge is 0.465 e. The van der Waals surface area contributed by atoms with E-state index in [1.807, 2.05) is 0 Å². The van der Waals surface area contributed by atoms with Gasteiger partial charge in [0.15, 0.2) is 5.78 Å². The van der Waals surface area contributed by atoms with E-state index in [9.17, 15) is 14.4 Å². The number of H-pyrrole nitrogens is 1. The Hall–Kier alpha value is -2.11. The fourth-order valence-electron chi connectivity index (χ4n) is 4.27. The van der Waals surface area contributed by atoms with E-state index in [-0.39, 0.29) is 29.7 Å². The maximum atomic E-state index is 12.6. The van der Waals surface area contributed by atoms with Gasteiger partial charge in [0.05, 0.1) is 24.8 Å². The minimum Gasteiger partial charge on any atom is -0.465 e. The van der Waals surface area contributed by atoms with Crippen molar-refractivity contribution in [3.8, 4) is 0 Å². The van der Waals surface area contributed by atoms with Crippen LogP contribution in [0.3, 0.4) is 0 Å². The second-order valence-corrected chi connectivity index (χ2v) is 8.66. The lowest BCUT2D eigenvalue weighted by molar-refractivity contribution is -0.121. The average Bonchev–Trinajstić information content (AvgIpc) is 2.97. The van der Waals surface area contributed by atoms with Crippen LogP contribution in [0.1, 0.15) is 91.9 Å². The number of aromatic nitrogens is 1. The summed E-state index contributed by atoms with van der Waals surface area (Å²) in [6.07, 6.45) is 5.39. The van der Waals surface area contributed by atoms with Crippen LogP contribution in [0.15, 0.2) is 0 Å². The normalized spacial score (nSPS) is 19.9. The van der Waals surface area contributed by atoms with Crippen molar-refractivity contribution in [2.75, 3.05) is 7.11 Å². The molecule has 156 valence electrons. The van der Waals surface area contributed by atoms with Crippen LogP contribution >= 0.6 is 0 Å². The zero-order chi connectivity index (χ0) is 21.1. The zero-order valence-corrected chi connectivity index (χ0v) is 18.0. The Bertz CT molecular complexity index is 740. The number of amides is 1. The van der Waals surface area contributed by atoms with E-state index in [2.05, 4.69) is 31.1 Å². The van der Waals surface area contributed by atoms with E-state index in [1.165, 1.54) is 14.0 Å². The first-order valence-electron chi connectivity index (χ1n) is 10.2. The lowest BCUT2D eigenvalue weighted by Crippen LogP contribution is -2.40. The van der Waals surface area contributed by atoms with Gasteiger partial charge < -0.3 is 15.0 Å². The quantitative estimate of drug-likeness (QED) is 0.545. The molecular formula is C22H34N2O4. The zero-order valence-electron chi connectivity index (χ0n) is 18.0. The number of hydrogen-bond donors (Lipinski definition) is 2. The standard InChI is InChI=1S/C22H34N2O4/c1-7-22(4,5)15-8-10-16(11-9-15)23-18(26)12-17-19(21(27)28-6)13(2)20(24-17)14(3)25/h15-16,24H,7-12H2,1-6H3,(H,23,26). The Morgan fingerprint density at radius 2 is 1.79 bits per heavy atom. The lowest BCUT2D eigenvalue weighted by Gasteiger charge is -2.39. The number of carbonyl (C=O) groups excluding carboxylic acids is 3. The van der Waals surface area contributed by atoms with Crippen LogP contribution < -0.4 is 5.32 Å². The Labute approximate surface area is 167 Å². The molecule has 0 unspecified atom stereocenters. The molecule has 0 aliphatic heterocycles. The molecule has 1 aliphatic rings. The highest BCUT2D eigenvalue weighted by atomic mass is 16.5. The maximum Gasteiger partial charge on any atom is 0.339 e. The predicted octanol–water partition coefficient (Wildman–Crippen LogP) is 3.97. The SMILES string of the molecule is CCC(C)(C)C1CCC(NC(=O)Cc2[nH]c(C(C)=O)c(C)c2C(=O)OC)CC1. The summed E-state index contributed by atoms with van der Waals surface area (Å²) >= 11 is 0. The molecule has 2 rings (SSSR count). The Kier molecular flexibility index (Phi) is 7.07. The molecule has 0 atom stereocenters. The van der Waals surface area contributed by atoms with Crippen molar-refractivity contribution in [3.63, 3.8) is 0 Å². The lowest BCUT2D eigenvalue weighted by atomic mass is 9.69. The van der Waals surface area contributed by atoms with Gasteiger partial charge in [-0.05, 0) is 49.5 Å². The van der Waals surface area contributed by atoms with Gasteiger partial charge in [-0.2, -0.15) is 0 Å². The molecule has 0 bridgehead atoms. The number of rotatable bonds is 7. The third-order valence-corrected chi connectivity index (χ3v) is 6.52. The van der Waals surface area contributed by atoms with Crippen molar-refractivity contribution in [3.05, 3.63) is 22.5 Å². The smallest absolute Gasteiger partial charge is 0.339 e. The molecule has 1 aromatic rings. The van der Waals surface area contributed by atoms with Gasteiger partial charge >= 0.3 is 5.97 Å². The number of hydrogen-bond acceptors (Lipinski definition) is 4. The van der Waals surface area contributed by atoms with E-state index in [1.54, 1.807) is 6.92 Å². The van der Waals surface area contributed by atoms with E-state index in [4.69, 9.17) is 4.74 Å². The number of methoxy groups -OCH3 is 1. The number of aromatic amines is 1. The molecule has 6 heteroatoms. The third kappa shape index (κ3) is 4.83. The Balaban J connectivity index is 2.03. The fraction of sp³-hybridized carbons (Fsp3) is 0.682. The van der Waals surface area contributed by atoms with Crippen LogP contribution in [-0.2, 0) is 16.0 Å². The molecule has 0 radical (unpaired) electrons. The minimum absolute atomic E-state index is 0.0267. The van der Waals surface area contributed by atoms with Gasteiger partial charge in [-0.25, -0.2) is 4.79 Å². The Morgan fingerprint density at radius 1 is 1.18 bits per heavy atom. The average molecular weight is 391 g/mol. The van der Waals surface area contributed by atoms with Gasteiger partial charge in [0, 0.05) is 18.7 Å². The van der Waals surface area contributed by atoms with Crippen LogP contribution in [0.5, 0.6) is 0 Å². The van der Waals surface area contributed by atoms with Crippen LogP contribution in [-0.4, -0.2) is 35.8 Å². The molecule has 0 spiro atoms. The summed E-state index contributed by atoms with van der Waals surface area (Å²) < 4.78 is 4.83. The van der Waals surface area contributed by atoms with Crippen molar-refractivity contribution < 1.29 is 19.1 Å². The number of ether oxygens (including phenoxy) is 1. The highest BCUT2D eigenvalue weighted by Gasteiger charge is 2.32. The molecule has 6 nitrogen and oxygen atoms in total. The Morgan fingerprint density at radius 3 is 2.29 bits per heavy atom. The highest BCUT2D eigenvalue weighted by Crippen LogP contribution is 2.40. The van der Waals surface area contributed by atoms with Crippen LogP contribution in [0.2, 0.25) is 0 Å². The highest BCUT2D eigenvalue weighted by molar-refractivity contribution is 6.01. The molecule has 1 saturated carbocycles. The first-order chi connectivity index (χ1) is 13.1. The van der Waals surface area contributed by atoms with Gasteiger partial charge in [0.25, 0.3) is 0 Å². The molecule has 1 fully saturated rings. The summed E-state index contributed by atoms with van der Waals surface area (Å²) in [5, 5.41) is 3.10. The number of esters is 1. The van der Waals surface area contributed by atoms with E-state index in [0.717, 1.165) is 32.1 Å². The number of Topliss-reactive ketones (excluding diaryl/α,β-unsaturated/α-hetero) is 1. The van der Waals surface area contributed by atoms with Gasteiger partial charge in [-0.3, -0.25) is 9.59 Å². The second-order valence-electron chi connectivity index (χ2n) is 8.66. The van der Waals surface area contributed by atoms with Crippen molar-refractivity contribution >= 4 is 17.7 Å². The summed E-state index contributed by atoms with van der Waals surface area (Å²) in [4.78, 5) is 39.5. The van der Waals surface area contributed by atoms with E-state index in [0.29, 0.717) is 28.3 Å². The molecule has 0 aromatic carbocycles. The van der Waals surface area contributed by atoms with Gasteiger partial charge in [0.2, 0.25) is 5.91 Å². The topological polar surface area (TPSA) is 88.3 Å². The van der Waals surface area contributed by atoms with Crippen LogP contribution in [0.4, 0.5) is 0 Å². The van der Waals surface area contributed by atoms with E-state index >= 15 is 0 Å². The third-order valence-electron chi connectivity index (χ3n) is 6.52. The summed E-state index contributed by atoms with van der Waals surface area (Å²) in [7, 11) is 1.29. The second kappa shape index (κ2) is 8.93. The molecule has 1 aliphatic carbocycles. The molecule has 2 N–H and O–H groups in total. The van der Waals surface area contributed by atoms with Crippen LogP contribution in [0, 0.1) is 18.3 Å². The van der Waals surface area contributed by atoms with Crippen molar-refractivity contribution in [2.45, 2.75) is 79.2 Å². The van der Waals surface area contributed by atoms with Gasteiger partial charge in [0.1, 0.15) is 0 Å². The van der Waals surface area contributed by atoms with Crippen molar-refractivity contribution in [1.29, 1.82) is 0 Å². The summed E-state index contributed by atoms with van der Waals surface area (Å²) in [5.74, 6) is -0.155. The molecular weight excluding hydrogens is 356 g/mol. The molecule has 1 amide bonds. The molecule has 28 heavy (non-hydrogen) atoms. The number of nitrogens with one attached hydrogen (secondary N) is 2. The monoisotopic (exact) mass is 390 g/mol. The van der Waals surface area contributed by atoms with Crippen LogP contribution in [0.25, 0.3) is 0 Å². The molecule has 0 saturated heterocycles. The van der Waals surface area contributed by atoms with Gasteiger partial charge in [-0.1, -0.05) is 27.2 Å². The number of ketones is 1. The minimum atomic E-state index is -0.536. The fourth-order valence-corrected chi connectivity index (χ4v) is 4.27. The van der Waals surface area contributed by atoms with E-state index < -0.39 is 5.97 Å². The van der Waals surface area contributed by atoms with Crippen molar-refractivity contribution in [1.82, 2.24) is 10.3 Å². The first kappa shape index (κ1) is 22.2.